The number of rotatable bonds is 2. The van der Waals surface area contributed by atoms with Gasteiger partial charge in [-0.3, -0.25) is 0 Å². The zero-order valence-corrected chi connectivity index (χ0v) is 11.0. The van der Waals surface area contributed by atoms with Gasteiger partial charge in [0.2, 0.25) is 0 Å². The maximum Gasteiger partial charge on any atom is 0.148 e. The summed E-state index contributed by atoms with van der Waals surface area (Å²) >= 11 is 0. The standard InChI is InChI=1S/C13H19FN2O2/c1-13(2)8-18-5-4-16(13)11-7-12(17-3)10(15)6-9(11)14/h6-7H,4-5,8,15H2,1-3H3. The van der Waals surface area contributed by atoms with Crippen LogP contribution in [-0.2, 0) is 4.74 Å². The van der Waals surface area contributed by atoms with Gasteiger partial charge in [-0.2, -0.15) is 0 Å². The van der Waals surface area contributed by atoms with Crippen molar-refractivity contribution in [1.82, 2.24) is 0 Å². The smallest absolute Gasteiger partial charge is 0.148 e. The minimum atomic E-state index is -0.330. The van der Waals surface area contributed by atoms with Crippen LogP contribution in [0.4, 0.5) is 15.8 Å². The fourth-order valence-corrected chi connectivity index (χ4v) is 2.25. The molecule has 1 heterocycles. The van der Waals surface area contributed by atoms with E-state index in [1.54, 1.807) is 6.07 Å². The van der Waals surface area contributed by atoms with E-state index in [1.165, 1.54) is 13.2 Å². The first-order chi connectivity index (χ1) is 8.45. The summed E-state index contributed by atoms with van der Waals surface area (Å²) in [5, 5.41) is 0. The molecule has 1 saturated heterocycles. The summed E-state index contributed by atoms with van der Waals surface area (Å²) < 4.78 is 24.7. The molecule has 0 aromatic heterocycles. The Morgan fingerprint density at radius 1 is 1.44 bits per heavy atom. The third-order valence-electron chi connectivity index (χ3n) is 3.24. The van der Waals surface area contributed by atoms with Crippen LogP contribution in [0.2, 0.25) is 0 Å². The highest BCUT2D eigenvalue weighted by molar-refractivity contribution is 5.64. The molecule has 0 spiro atoms. The van der Waals surface area contributed by atoms with Crippen molar-refractivity contribution in [2.24, 2.45) is 0 Å². The number of nitrogens with zero attached hydrogens (tertiary/aromatic N) is 1. The molecule has 1 aliphatic heterocycles. The van der Waals surface area contributed by atoms with Crippen LogP contribution < -0.4 is 15.4 Å². The van der Waals surface area contributed by atoms with E-state index in [0.717, 1.165) is 0 Å². The lowest BCUT2D eigenvalue weighted by atomic mass is 10.0. The Labute approximate surface area is 106 Å². The Morgan fingerprint density at radius 2 is 2.17 bits per heavy atom. The Bertz CT molecular complexity index is 449. The van der Waals surface area contributed by atoms with Gasteiger partial charge in [0.25, 0.3) is 0 Å². The van der Waals surface area contributed by atoms with E-state index in [2.05, 4.69) is 0 Å². The zero-order chi connectivity index (χ0) is 13.3. The van der Waals surface area contributed by atoms with Crippen molar-refractivity contribution < 1.29 is 13.9 Å². The van der Waals surface area contributed by atoms with Crippen LogP contribution in [0, 0.1) is 5.82 Å². The maximum atomic E-state index is 14.1. The van der Waals surface area contributed by atoms with Crippen molar-refractivity contribution in [3.63, 3.8) is 0 Å². The van der Waals surface area contributed by atoms with Crippen LogP contribution in [0.3, 0.4) is 0 Å². The molecule has 0 unspecified atom stereocenters. The predicted octanol–water partition coefficient (Wildman–Crippen LogP) is 2.03. The summed E-state index contributed by atoms with van der Waals surface area (Å²) in [4.78, 5) is 1.99. The average Bonchev–Trinajstić information content (AvgIpc) is 2.30. The third kappa shape index (κ3) is 2.22. The number of hydrogen-bond acceptors (Lipinski definition) is 4. The number of halogens is 1. The summed E-state index contributed by atoms with van der Waals surface area (Å²) in [6.07, 6.45) is 0. The highest BCUT2D eigenvalue weighted by atomic mass is 19.1. The number of anilines is 2. The largest absolute Gasteiger partial charge is 0.495 e. The topological polar surface area (TPSA) is 47.7 Å². The Morgan fingerprint density at radius 3 is 2.78 bits per heavy atom. The summed E-state index contributed by atoms with van der Waals surface area (Å²) in [6, 6.07) is 2.96. The summed E-state index contributed by atoms with van der Waals surface area (Å²) in [5.74, 6) is 0.164. The van der Waals surface area contributed by atoms with Crippen LogP contribution in [-0.4, -0.2) is 32.4 Å². The maximum absolute atomic E-state index is 14.1. The van der Waals surface area contributed by atoms with Crippen LogP contribution in [0.5, 0.6) is 5.75 Å². The fraction of sp³-hybridized carbons (Fsp3) is 0.538. The highest BCUT2D eigenvalue weighted by Gasteiger charge is 2.32. The second-order valence-corrected chi connectivity index (χ2v) is 5.06. The van der Waals surface area contributed by atoms with Gasteiger partial charge in [0.05, 0.1) is 37.2 Å². The number of ether oxygens (including phenoxy) is 2. The van der Waals surface area contributed by atoms with Crippen molar-refractivity contribution >= 4 is 11.4 Å². The van der Waals surface area contributed by atoms with E-state index in [0.29, 0.717) is 36.9 Å². The van der Waals surface area contributed by atoms with Gasteiger partial charge in [-0.1, -0.05) is 0 Å². The molecule has 0 aliphatic carbocycles. The minimum absolute atomic E-state index is 0.250. The molecule has 2 rings (SSSR count). The van der Waals surface area contributed by atoms with Gasteiger partial charge in [-0.25, -0.2) is 4.39 Å². The number of morpholine rings is 1. The summed E-state index contributed by atoms with van der Waals surface area (Å²) in [6.45, 7) is 5.86. The van der Waals surface area contributed by atoms with E-state index in [-0.39, 0.29) is 11.4 Å². The monoisotopic (exact) mass is 254 g/mol. The summed E-state index contributed by atoms with van der Waals surface area (Å²) in [5.41, 5.74) is 6.26. The number of nitrogen functional groups attached to an aromatic ring is 1. The third-order valence-corrected chi connectivity index (χ3v) is 3.24. The molecule has 1 aliphatic rings. The van der Waals surface area contributed by atoms with Crippen molar-refractivity contribution in [2.45, 2.75) is 19.4 Å². The zero-order valence-electron chi connectivity index (χ0n) is 11.0. The van der Waals surface area contributed by atoms with Crippen molar-refractivity contribution in [1.29, 1.82) is 0 Å². The molecule has 0 radical (unpaired) electrons. The molecule has 0 saturated carbocycles. The van der Waals surface area contributed by atoms with E-state index in [4.69, 9.17) is 15.2 Å². The number of benzene rings is 1. The van der Waals surface area contributed by atoms with Gasteiger partial charge >= 0.3 is 0 Å². The second-order valence-electron chi connectivity index (χ2n) is 5.06. The first-order valence-electron chi connectivity index (χ1n) is 5.94. The van der Waals surface area contributed by atoms with Gasteiger partial charge in [0, 0.05) is 18.7 Å². The molecule has 1 aromatic carbocycles. The summed E-state index contributed by atoms with van der Waals surface area (Å²) in [7, 11) is 1.53. The van der Waals surface area contributed by atoms with E-state index >= 15 is 0 Å². The van der Waals surface area contributed by atoms with Crippen molar-refractivity contribution in [2.75, 3.05) is 37.5 Å². The molecule has 100 valence electrons. The van der Waals surface area contributed by atoms with Crippen LogP contribution in [0.1, 0.15) is 13.8 Å². The normalized spacial score (nSPS) is 18.8. The van der Waals surface area contributed by atoms with Crippen molar-refractivity contribution in [3.05, 3.63) is 17.9 Å². The van der Waals surface area contributed by atoms with Crippen LogP contribution >= 0.6 is 0 Å². The Balaban J connectivity index is 2.43. The molecule has 0 amide bonds. The molecular formula is C13H19FN2O2. The fourth-order valence-electron chi connectivity index (χ4n) is 2.25. The quantitative estimate of drug-likeness (QED) is 0.820. The molecular weight excluding hydrogens is 235 g/mol. The predicted molar refractivity (Wildman–Crippen MR) is 69.6 cm³/mol. The van der Waals surface area contributed by atoms with E-state index in [1.807, 2.05) is 18.7 Å². The average molecular weight is 254 g/mol. The molecule has 18 heavy (non-hydrogen) atoms. The number of methoxy groups -OCH3 is 1. The molecule has 5 heteroatoms. The van der Waals surface area contributed by atoms with Gasteiger partial charge in [0.1, 0.15) is 11.6 Å². The second kappa shape index (κ2) is 4.65. The van der Waals surface area contributed by atoms with Gasteiger partial charge in [0.15, 0.2) is 0 Å². The number of nitrogens with two attached hydrogens (primary N) is 1. The van der Waals surface area contributed by atoms with Crippen molar-refractivity contribution in [3.8, 4) is 5.75 Å². The Hall–Kier alpha value is -1.49. The Kier molecular flexibility index (Phi) is 3.34. The molecule has 1 fully saturated rings. The molecule has 2 N–H and O–H groups in total. The lowest BCUT2D eigenvalue weighted by Crippen LogP contribution is -2.53. The van der Waals surface area contributed by atoms with Crippen LogP contribution in [0.15, 0.2) is 12.1 Å². The lowest BCUT2D eigenvalue weighted by molar-refractivity contribution is 0.0639. The molecule has 0 bridgehead atoms. The minimum Gasteiger partial charge on any atom is -0.495 e. The van der Waals surface area contributed by atoms with Gasteiger partial charge in [-0.05, 0) is 13.8 Å². The highest BCUT2D eigenvalue weighted by Crippen LogP contribution is 2.35. The number of hydrogen-bond donors (Lipinski definition) is 1. The van der Waals surface area contributed by atoms with Gasteiger partial charge in [-0.15, -0.1) is 0 Å². The molecule has 1 aromatic rings. The van der Waals surface area contributed by atoms with E-state index < -0.39 is 0 Å². The van der Waals surface area contributed by atoms with E-state index in [9.17, 15) is 4.39 Å². The molecule has 4 nitrogen and oxygen atoms in total. The van der Waals surface area contributed by atoms with Crippen LogP contribution in [0.25, 0.3) is 0 Å². The molecule has 0 atom stereocenters. The SMILES string of the molecule is COc1cc(N2CCOCC2(C)C)c(F)cc1N. The lowest BCUT2D eigenvalue weighted by Gasteiger charge is -2.44. The first-order valence-corrected chi connectivity index (χ1v) is 5.94. The van der Waals surface area contributed by atoms with Gasteiger partial charge < -0.3 is 20.1 Å². The first kappa shape index (κ1) is 13.0.